The number of hydrogen-bond donors (Lipinski definition) is 1. The van der Waals surface area contributed by atoms with Crippen molar-refractivity contribution in [3.05, 3.63) is 58.3 Å². The normalized spacial score (nSPS) is 24.5. The van der Waals surface area contributed by atoms with Gasteiger partial charge in [0.2, 0.25) is 11.8 Å². The van der Waals surface area contributed by atoms with Crippen molar-refractivity contribution >= 4 is 11.8 Å². The maximum absolute atomic E-state index is 14.3. The molecule has 30 heavy (non-hydrogen) atoms. The lowest BCUT2D eigenvalue weighted by atomic mass is 9.88. The van der Waals surface area contributed by atoms with Crippen molar-refractivity contribution in [1.82, 2.24) is 14.4 Å². The third-order valence-electron chi connectivity index (χ3n) is 6.30. The van der Waals surface area contributed by atoms with Gasteiger partial charge in [-0.3, -0.25) is 14.4 Å². The minimum absolute atomic E-state index is 0.220. The molecule has 1 aromatic heterocycles. The summed E-state index contributed by atoms with van der Waals surface area (Å²) < 4.78 is 15.8. The van der Waals surface area contributed by atoms with Crippen LogP contribution in [0.4, 0.5) is 4.39 Å². The first-order valence-electron chi connectivity index (χ1n) is 9.87. The SMILES string of the molecule is CC(=O)N1[C@H](C(=O)N(C)C)[C@@H](CO)[C@@H]2Cn3c(ccc(-c4ccccc4F)c3=O)[C@@H]21. The molecule has 8 heteroatoms. The standard InChI is InChI=1S/C22H24FN3O4/c1-12(28)26-19-15(16(11-27)20(26)22(30)24(2)3)10-25-18(19)9-8-14(21(25)29)13-6-4-5-7-17(13)23/h4-9,15-16,19-20,27H,10-11H2,1-3H3/t15-,16-,19+,20-/m0/s1. The van der Waals surface area contributed by atoms with Crippen molar-refractivity contribution < 1.29 is 19.1 Å². The van der Waals surface area contributed by atoms with Crippen LogP contribution in [0.1, 0.15) is 18.7 Å². The fourth-order valence-electron chi connectivity index (χ4n) is 4.98. The molecule has 0 saturated carbocycles. The van der Waals surface area contributed by atoms with Crippen LogP contribution >= 0.6 is 0 Å². The Bertz CT molecular complexity index is 1080. The van der Waals surface area contributed by atoms with Crippen molar-refractivity contribution in [3.63, 3.8) is 0 Å². The summed E-state index contributed by atoms with van der Waals surface area (Å²) in [5.74, 6) is -1.80. The van der Waals surface area contributed by atoms with Gasteiger partial charge in [-0.25, -0.2) is 4.39 Å². The molecule has 2 aromatic rings. The van der Waals surface area contributed by atoms with Gasteiger partial charge in [-0.2, -0.15) is 0 Å². The third kappa shape index (κ3) is 2.86. The van der Waals surface area contributed by atoms with Crippen LogP contribution in [0.3, 0.4) is 0 Å². The van der Waals surface area contributed by atoms with Crippen LogP contribution in [0, 0.1) is 17.7 Å². The first kappa shape index (κ1) is 20.3. The molecule has 0 spiro atoms. The number of likely N-dealkylation sites (tertiary alicyclic amines) is 1. The van der Waals surface area contributed by atoms with Crippen LogP contribution in [0.5, 0.6) is 0 Å². The Morgan fingerprint density at radius 1 is 1.17 bits per heavy atom. The highest BCUT2D eigenvalue weighted by Gasteiger charge is 2.56. The minimum atomic E-state index is -0.785. The second-order valence-electron chi connectivity index (χ2n) is 8.13. The van der Waals surface area contributed by atoms with Gasteiger partial charge in [0.15, 0.2) is 0 Å². The number of carbonyl (C=O) groups is 2. The molecule has 1 N–H and O–H groups in total. The summed E-state index contributed by atoms with van der Waals surface area (Å²) in [6.45, 7) is 1.37. The number of amides is 2. The summed E-state index contributed by atoms with van der Waals surface area (Å²) in [5, 5.41) is 10.1. The second kappa shape index (κ2) is 7.36. The highest BCUT2D eigenvalue weighted by molar-refractivity contribution is 5.88. The number of aliphatic hydroxyl groups excluding tert-OH is 1. The van der Waals surface area contributed by atoms with Gasteiger partial charge in [0.05, 0.1) is 11.6 Å². The Labute approximate surface area is 173 Å². The molecule has 0 bridgehead atoms. The smallest absolute Gasteiger partial charge is 0.258 e. The van der Waals surface area contributed by atoms with E-state index in [9.17, 15) is 23.9 Å². The number of carbonyl (C=O) groups excluding carboxylic acids is 2. The Balaban J connectivity index is 1.84. The average molecular weight is 413 g/mol. The number of aliphatic hydroxyl groups is 1. The van der Waals surface area contributed by atoms with Crippen LogP contribution in [0.15, 0.2) is 41.2 Å². The van der Waals surface area contributed by atoms with Crippen molar-refractivity contribution in [1.29, 1.82) is 0 Å². The highest BCUT2D eigenvalue weighted by atomic mass is 19.1. The molecule has 2 aliphatic rings. The van der Waals surface area contributed by atoms with Crippen molar-refractivity contribution in [2.45, 2.75) is 25.6 Å². The van der Waals surface area contributed by atoms with Gasteiger partial charge in [0, 0.05) is 57.3 Å². The highest BCUT2D eigenvalue weighted by Crippen LogP contribution is 2.49. The molecule has 3 heterocycles. The van der Waals surface area contributed by atoms with Gasteiger partial charge in [0.25, 0.3) is 5.56 Å². The van der Waals surface area contributed by atoms with Crippen LogP contribution < -0.4 is 5.56 Å². The van der Waals surface area contributed by atoms with E-state index in [-0.39, 0.29) is 47.6 Å². The summed E-state index contributed by atoms with van der Waals surface area (Å²) in [6, 6.07) is 8.11. The van der Waals surface area contributed by atoms with Crippen molar-refractivity contribution in [3.8, 4) is 11.1 Å². The average Bonchev–Trinajstić information content (AvgIpc) is 3.23. The van der Waals surface area contributed by atoms with Crippen molar-refractivity contribution in [2.24, 2.45) is 11.8 Å². The molecule has 1 aromatic carbocycles. The van der Waals surface area contributed by atoms with E-state index in [0.717, 1.165) is 0 Å². The molecule has 0 radical (unpaired) electrons. The zero-order valence-corrected chi connectivity index (χ0v) is 17.1. The van der Waals surface area contributed by atoms with E-state index in [1.165, 1.54) is 22.8 Å². The number of benzene rings is 1. The summed E-state index contributed by atoms with van der Waals surface area (Å²) in [7, 11) is 3.23. The quantitative estimate of drug-likeness (QED) is 0.821. The predicted octanol–water partition coefficient (Wildman–Crippen LogP) is 1.25. The molecule has 158 valence electrons. The molecule has 2 aliphatic heterocycles. The number of rotatable bonds is 3. The Kier molecular flexibility index (Phi) is 4.97. The third-order valence-corrected chi connectivity index (χ3v) is 6.30. The van der Waals surface area contributed by atoms with Gasteiger partial charge in [-0.15, -0.1) is 0 Å². The van der Waals surface area contributed by atoms with Crippen LogP contribution in [0.2, 0.25) is 0 Å². The Morgan fingerprint density at radius 3 is 2.47 bits per heavy atom. The molecular weight excluding hydrogens is 389 g/mol. The van der Waals surface area contributed by atoms with Crippen LogP contribution in [-0.4, -0.2) is 58.0 Å². The Hall–Kier alpha value is -3.00. The topological polar surface area (TPSA) is 82.8 Å². The molecular formula is C22H24FN3O4. The fraction of sp³-hybridized carbons (Fsp3) is 0.409. The molecule has 0 unspecified atom stereocenters. The zero-order valence-electron chi connectivity index (χ0n) is 17.1. The number of halogens is 1. The van der Waals surface area contributed by atoms with Gasteiger partial charge in [0.1, 0.15) is 11.9 Å². The number of pyridine rings is 1. The lowest BCUT2D eigenvalue weighted by Crippen LogP contribution is -2.49. The van der Waals surface area contributed by atoms with E-state index in [1.54, 1.807) is 49.0 Å². The maximum Gasteiger partial charge on any atom is 0.258 e. The summed E-state index contributed by atoms with van der Waals surface area (Å²) >= 11 is 0. The molecule has 2 amide bonds. The predicted molar refractivity (Wildman–Crippen MR) is 108 cm³/mol. The van der Waals surface area contributed by atoms with Gasteiger partial charge in [-0.05, 0) is 18.2 Å². The van der Waals surface area contributed by atoms with E-state index in [2.05, 4.69) is 0 Å². The monoisotopic (exact) mass is 413 g/mol. The van der Waals surface area contributed by atoms with Crippen LogP contribution in [0.25, 0.3) is 11.1 Å². The number of likely N-dealkylation sites (N-methyl/N-ethyl adjacent to an activating group) is 1. The van der Waals surface area contributed by atoms with E-state index >= 15 is 0 Å². The lowest BCUT2D eigenvalue weighted by molar-refractivity contribution is -0.144. The van der Waals surface area contributed by atoms with E-state index in [0.29, 0.717) is 5.69 Å². The number of aromatic nitrogens is 1. The number of hydrogen-bond acceptors (Lipinski definition) is 4. The van der Waals surface area contributed by atoms with Crippen molar-refractivity contribution in [2.75, 3.05) is 20.7 Å². The lowest BCUT2D eigenvalue weighted by Gasteiger charge is -2.31. The Morgan fingerprint density at radius 2 is 1.87 bits per heavy atom. The largest absolute Gasteiger partial charge is 0.396 e. The molecule has 0 aliphatic carbocycles. The summed E-state index contributed by atoms with van der Waals surface area (Å²) in [5.41, 5.74) is 0.723. The van der Waals surface area contributed by atoms with Gasteiger partial charge >= 0.3 is 0 Å². The second-order valence-corrected chi connectivity index (χ2v) is 8.13. The number of nitrogens with zero attached hydrogens (tertiary/aromatic N) is 3. The summed E-state index contributed by atoms with van der Waals surface area (Å²) in [6.07, 6.45) is 0. The zero-order chi connectivity index (χ0) is 21.7. The first-order chi connectivity index (χ1) is 14.3. The first-order valence-corrected chi connectivity index (χ1v) is 9.87. The molecule has 1 saturated heterocycles. The number of fused-ring (bicyclic) bond motifs is 3. The molecule has 4 rings (SSSR count). The molecule has 4 atom stereocenters. The minimum Gasteiger partial charge on any atom is -0.396 e. The van der Waals surface area contributed by atoms with Gasteiger partial charge in [-0.1, -0.05) is 18.2 Å². The fourth-order valence-corrected chi connectivity index (χ4v) is 4.98. The van der Waals surface area contributed by atoms with E-state index < -0.39 is 23.8 Å². The van der Waals surface area contributed by atoms with Gasteiger partial charge < -0.3 is 19.5 Å². The van der Waals surface area contributed by atoms with E-state index in [1.807, 2.05) is 0 Å². The summed E-state index contributed by atoms with van der Waals surface area (Å²) in [4.78, 5) is 41.5. The molecule has 7 nitrogen and oxygen atoms in total. The van der Waals surface area contributed by atoms with Crippen LogP contribution in [-0.2, 0) is 16.1 Å². The molecule has 1 fully saturated rings. The van der Waals surface area contributed by atoms with E-state index in [4.69, 9.17) is 0 Å². The maximum atomic E-state index is 14.3.